The zero-order valence-corrected chi connectivity index (χ0v) is 41.2. The highest BCUT2D eigenvalue weighted by Gasteiger charge is 2.26. The number of aromatic hydroxyl groups is 2. The van der Waals surface area contributed by atoms with Crippen molar-refractivity contribution < 1.29 is 89.7 Å². The lowest BCUT2D eigenvalue weighted by Gasteiger charge is -2.21. The first-order valence-electron chi connectivity index (χ1n) is 20.3. The Morgan fingerprint density at radius 3 is 1.85 bits per heavy atom. The summed E-state index contributed by atoms with van der Waals surface area (Å²) in [4.78, 5) is 22.3. The first-order valence-corrected chi connectivity index (χ1v) is 27.7. The Morgan fingerprint density at radius 1 is 0.622 bits per heavy atom. The molecule has 0 saturated carbocycles. The van der Waals surface area contributed by atoms with Gasteiger partial charge in [-0.15, -0.1) is 0 Å². The van der Waals surface area contributed by atoms with Gasteiger partial charge in [-0.3, -0.25) is 48.9 Å². The number of aryl methyl sites for hydroxylation is 1. The van der Waals surface area contributed by atoms with E-state index < -0.39 is 121 Å². The Balaban J connectivity index is 1.18. The second-order valence-corrected chi connectivity index (χ2v) is 22.8. The van der Waals surface area contributed by atoms with Gasteiger partial charge in [0, 0.05) is 28.3 Å². The van der Waals surface area contributed by atoms with E-state index in [1.54, 1.807) is 0 Å². The van der Waals surface area contributed by atoms with Gasteiger partial charge in [-0.05, 0) is 97.1 Å². The Labute approximate surface area is 417 Å². The van der Waals surface area contributed by atoms with Crippen molar-refractivity contribution in [3.05, 3.63) is 107 Å². The van der Waals surface area contributed by atoms with Crippen LogP contribution in [0.4, 0.5) is 34.1 Å². The van der Waals surface area contributed by atoms with E-state index >= 15 is 0 Å². The molecule has 0 amide bonds. The monoisotopic (exact) mass is 1130 g/mol. The van der Waals surface area contributed by atoms with Crippen LogP contribution in [-0.2, 0) is 50.6 Å². The summed E-state index contributed by atoms with van der Waals surface area (Å²) in [6.45, 7) is 1.15. The maximum atomic E-state index is 13.3. The number of hydrazine groups is 3. The molecule has 0 aliphatic carbocycles. The second kappa shape index (κ2) is 19.8. The van der Waals surface area contributed by atoms with Gasteiger partial charge in [-0.25, -0.2) is 9.48 Å². The molecule has 7 rings (SSSR count). The minimum Gasteiger partial charge on any atom is -0.507 e. The number of nitrogens with one attached hydrogen (secondary N) is 7. The molecule has 1 heterocycles. The molecule has 34 heteroatoms. The molecule has 15 N–H and O–H groups in total. The summed E-state index contributed by atoms with van der Waals surface area (Å²) in [5.74, 6) is -4.09. The molecule has 0 spiro atoms. The van der Waals surface area contributed by atoms with Gasteiger partial charge in [0.15, 0.2) is 11.4 Å². The zero-order valence-electron chi connectivity index (χ0n) is 37.1. The van der Waals surface area contributed by atoms with Crippen molar-refractivity contribution in [1.82, 2.24) is 9.78 Å². The number of hydrogen-bond acceptors (Lipinski definition) is 21. The Morgan fingerprint density at radius 2 is 1.24 bits per heavy atom. The number of aromatic amines is 1. The van der Waals surface area contributed by atoms with Crippen molar-refractivity contribution in [1.29, 1.82) is 0 Å². The van der Waals surface area contributed by atoms with E-state index in [1.165, 1.54) is 37.3 Å². The number of benzene rings is 6. The van der Waals surface area contributed by atoms with Gasteiger partial charge < -0.3 is 36.3 Å². The number of anilines is 6. The fourth-order valence-corrected chi connectivity index (χ4v) is 10.0. The smallest absolute Gasteiger partial charge is 0.356 e. The predicted molar refractivity (Wildman–Crippen MR) is 263 cm³/mol. The van der Waals surface area contributed by atoms with Crippen molar-refractivity contribution in [2.75, 3.05) is 44.9 Å². The van der Waals surface area contributed by atoms with Crippen LogP contribution in [0.1, 0.15) is 22.5 Å². The second-order valence-electron chi connectivity index (χ2n) is 15.6. The van der Waals surface area contributed by atoms with Crippen LogP contribution in [0.25, 0.3) is 27.2 Å². The average Bonchev–Trinajstić information content (AvgIpc) is 3.63. The first kappa shape index (κ1) is 53.9. The fourth-order valence-electron chi connectivity index (χ4n) is 7.17. The van der Waals surface area contributed by atoms with Gasteiger partial charge in [0.25, 0.3) is 56.1 Å². The molecule has 0 atom stereocenters. The van der Waals surface area contributed by atoms with Crippen LogP contribution in [-0.4, -0.2) is 108 Å². The van der Waals surface area contributed by atoms with Crippen LogP contribution >= 0.6 is 0 Å². The van der Waals surface area contributed by atoms with Crippen LogP contribution in [0.2, 0.25) is 0 Å². The normalized spacial score (nSPS) is 12.4. The van der Waals surface area contributed by atoms with Gasteiger partial charge in [-0.2, -0.15) is 42.1 Å². The molecule has 29 nitrogen and oxygen atoms in total. The fraction of sp³-hybridized carbons (Fsp3) is 0.100. The van der Waals surface area contributed by atoms with Gasteiger partial charge in [0.2, 0.25) is 0 Å². The molecule has 74 heavy (non-hydrogen) atoms. The van der Waals surface area contributed by atoms with Gasteiger partial charge in [0.1, 0.15) is 32.7 Å². The molecule has 0 fully saturated rings. The van der Waals surface area contributed by atoms with E-state index in [1.807, 2.05) is 0 Å². The molecule has 0 unspecified atom stereocenters. The van der Waals surface area contributed by atoms with E-state index in [0.717, 1.165) is 47.1 Å². The third kappa shape index (κ3) is 11.8. The third-order valence-corrected chi connectivity index (χ3v) is 14.9. The molecular formula is C40H38N8O21S5. The highest BCUT2D eigenvalue weighted by Crippen LogP contribution is 2.42. The summed E-state index contributed by atoms with van der Waals surface area (Å²) < 4.78 is 174. The van der Waals surface area contributed by atoms with E-state index in [4.69, 9.17) is 4.74 Å². The molecule has 0 saturated heterocycles. The summed E-state index contributed by atoms with van der Waals surface area (Å²) >= 11 is 0. The number of hydrogen-bond donors (Lipinski definition) is 15. The maximum Gasteiger partial charge on any atom is 0.356 e. The quantitative estimate of drug-likeness (QED) is 0.0223. The van der Waals surface area contributed by atoms with Crippen LogP contribution in [0.3, 0.4) is 0 Å². The lowest BCUT2D eigenvalue weighted by Crippen LogP contribution is -2.21. The van der Waals surface area contributed by atoms with Crippen LogP contribution < -0.4 is 42.9 Å². The number of aromatic carboxylic acids is 1. The largest absolute Gasteiger partial charge is 0.507 e. The van der Waals surface area contributed by atoms with Crippen LogP contribution in [0.5, 0.6) is 17.2 Å². The lowest BCUT2D eigenvalue weighted by atomic mass is 10.1. The molecule has 1 aromatic heterocycles. The Bertz CT molecular complexity index is 4090. The third-order valence-electron chi connectivity index (χ3n) is 10.6. The summed E-state index contributed by atoms with van der Waals surface area (Å²) in [6, 6.07) is 14.8. The summed E-state index contributed by atoms with van der Waals surface area (Å²) in [6.07, 6.45) is -0.261. The number of fused-ring (bicyclic) bond motifs is 2. The van der Waals surface area contributed by atoms with E-state index in [0.29, 0.717) is 17.7 Å². The molecule has 0 radical (unpaired) electrons. The van der Waals surface area contributed by atoms with Gasteiger partial charge in [-0.1, -0.05) is 0 Å². The molecule has 0 aliphatic heterocycles. The van der Waals surface area contributed by atoms with Crippen molar-refractivity contribution in [2.45, 2.75) is 32.9 Å². The number of carboxylic acids is 1. The summed E-state index contributed by atoms with van der Waals surface area (Å²) in [5, 5.41) is 33.5. The maximum absolute atomic E-state index is 13.3. The SMILES string of the molecule is Cc1cc(NNc2c(S(=O)(=O)O)cc3cc(NNc4c(C(=O)O)[nH]n(-c5ccc(S(=O)(=O)O)cc5)c4=O)ccc3c2O)c(OCCCS(=O)(=O)O)cc1NNc1ccc(S(=O)(=O)O)c2cc(S(=O)(=O)O)cc(O)c12. The number of phenolic OH excluding ortho intramolecular Hbond substituents is 2. The molecular weight excluding hydrogens is 1090 g/mol. The van der Waals surface area contributed by atoms with Crippen LogP contribution in [0.15, 0.2) is 109 Å². The number of aromatic nitrogens is 2. The molecule has 0 bridgehead atoms. The number of rotatable bonds is 20. The Kier molecular flexibility index (Phi) is 14.4. The molecule has 394 valence electrons. The van der Waals surface area contributed by atoms with E-state index in [2.05, 4.69) is 37.7 Å². The highest BCUT2D eigenvalue weighted by molar-refractivity contribution is 7.87. The van der Waals surface area contributed by atoms with Crippen molar-refractivity contribution in [2.24, 2.45) is 0 Å². The highest BCUT2D eigenvalue weighted by atomic mass is 32.2. The predicted octanol–water partition coefficient (Wildman–Crippen LogP) is 3.85. The molecule has 7 aromatic rings. The van der Waals surface area contributed by atoms with Gasteiger partial charge >= 0.3 is 5.97 Å². The number of ether oxygens (including phenoxy) is 1. The van der Waals surface area contributed by atoms with Crippen molar-refractivity contribution in [3.63, 3.8) is 0 Å². The first-order chi connectivity index (χ1) is 34.3. The summed E-state index contributed by atoms with van der Waals surface area (Å²) in [7, 11) is -24.3. The average molecular weight is 1130 g/mol. The summed E-state index contributed by atoms with van der Waals surface area (Å²) in [5.41, 5.74) is 13.2. The van der Waals surface area contributed by atoms with E-state index in [9.17, 15) is 89.8 Å². The number of carbonyl (C=O) groups is 1. The van der Waals surface area contributed by atoms with Gasteiger partial charge in [0.05, 0.1) is 50.6 Å². The number of H-pyrrole nitrogens is 1. The molecule has 0 aliphatic rings. The number of phenols is 2. The lowest BCUT2D eigenvalue weighted by molar-refractivity contribution is 0.0690. The minimum atomic E-state index is -5.20. The van der Waals surface area contributed by atoms with E-state index in [-0.39, 0.29) is 63.4 Å². The minimum absolute atomic E-state index is 0.0283. The van der Waals surface area contributed by atoms with Crippen LogP contribution in [0, 0.1) is 6.92 Å². The topological polar surface area (TPSA) is 469 Å². The van der Waals surface area contributed by atoms with Crippen molar-refractivity contribution in [3.8, 4) is 22.9 Å². The van der Waals surface area contributed by atoms with Crippen molar-refractivity contribution >= 4 is 112 Å². The zero-order chi connectivity index (χ0) is 54.5. The molecule has 6 aromatic carbocycles. The Hall–Kier alpha value is -7.93. The number of nitrogens with zero attached hydrogens (tertiary/aromatic N) is 1. The standard InChI is InChI=1S/C40H38N8O21S5/c1-19-13-29(31(69-11-2-12-70(54,55)56)18-28(19)43-42-27-9-10-32(73(63,64)65)26-16-24(72(60,61)62)17-30(49)34(26)27)44-45-35-33(74(66,67)68)15-20-14-21(3-8-25(20)38(35)50)41-46-36-37(40(52)53)47-48(39(36)51)22-4-6-23(7-5-22)71(57,58)59/h3-10,13-18,41-47,49-50H,2,11-12H2,1H3,(H,52,53)(H,54,55,56)(H,57,58,59)(H,60,61,62)(H,63,64,65)(H,66,67,68). The number of carboxylic acid groups (broad SMARTS) is 1.